The zero-order valence-electron chi connectivity index (χ0n) is 9.66. The van der Waals surface area contributed by atoms with Crippen LogP contribution in [0.2, 0.25) is 0 Å². The summed E-state index contributed by atoms with van der Waals surface area (Å²) in [5, 5.41) is 4.96. The molecule has 0 radical (unpaired) electrons. The van der Waals surface area contributed by atoms with Crippen molar-refractivity contribution in [2.45, 2.75) is 31.7 Å². The molecule has 4 heteroatoms. The van der Waals surface area contributed by atoms with Crippen molar-refractivity contribution in [1.82, 2.24) is 5.32 Å². The van der Waals surface area contributed by atoms with Gasteiger partial charge >= 0.3 is 0 Å². The summed E-state index contributed by atoms with van der Waals surface area (Å²) in [6, 6.07) is 2.22. The molecule has 0 aromatic carbocycles. The van der Waals surface area contributed by atoms with Gasteiger partial charge in [0.1, 0.15) is 4.88 Å². The number of carbonyl (C=O) groups is 1. The molecule has 90 valence electrons. The van der Waals surface area contributed by atoms with Crippen LogP contribution < -0.4 is 11.1 Å². The fourth-order valence-corrected chi connectivity index (χ4v) is 2.80. The smallest absolute Gasteiger partial charge is 0.262 e. The van der Waals surface area contributed by atoms with Gasteiger partial charge in [-0.1, -0.05) is 24.7 Å². The first-order valence-electron chi connectivity index (χ1n) is 5.88. The summed E-state index contributed by atoms with van der Waals surface area (Å²) in [7, 11) is 0. The predicted octanol–water partition coefficient (Wildman–Crippen LogP) is 1.73. The first kappa shape index (κ1) is 12.2. The van der Waals surface area contributed by atoms with Crippen molar-refractivity contribution < 1.29 is 4.79 Å². The predicted molar refractivity (Wildman–Crippen MR) is 70.0 cm³/mol. The Labute approximate surface area is 105 Å². The topological polar surface area (TPSA) is 55.1 Å². The van der Waals surface area contributed by atoms with Crippen LogP contribution in [0.4, 0.5) is 0 Å². The van der Waals surface area contributed by atoms with E-state index in [4.69, 9.17) is 5.73 Å². The first-order valence-corrected chi connectivity index (χ1v) is 6.76. The molecule has 1 heterocycles. The molecule has 0 saturated heterocycles. The number of thiophene rings is 1. The highest BCUT2D eigenvalue weighted by Crippen LogP contribution is 2.20. The average molecular weight is 248 g/mol. The van der Waals surface area contributed by atoms with Crippen LogP contribution in [-0.2, 0) is 0 Å². The minimum absolute atomic E-state index is 0.00761. The second-order valence-corrected chi connectivity index (χ2v) is 5.04. The Hall–Kier alpha value is -1.31. The van der Waals surface area contributed by atoms with Crippen molar-refractivity contribution in [2.24, 2.45) is 5.73 Å². The van der Waals surface area contributed by atoms with Crippen LogP contribution >= 0.6 is 11.3 Å². The summed E-state index contributed by atoms with van der Waals surface area (Å²) in [4.78, 5) is 12.8. The lowest BCUT2D eigenvalue weighted by Gasteiger charge is -2.10. The molecular weight excluding hydrogens is 232 g/mol. The molecule has 2 rings (SSSR count). The van der Waals surface area contributed by atoms with E-state index in [9.17, 15) is 4.79 Å². The summed E-state index contributed by atoms with van der Waals surface area (Å²) < 4.78 is 0. The normalized spacial score (nSPS) is 15.4. The van der Waals surface area contributed by atoms with Crippen molar-refractivity contribution in [3.8, 4) is 11.8 Å². The fourth-order valence-electron chi connectivity index (χ4n) is 2.05. The van der Waals surface area contributed by atoms with Crippen molar-refractivity contribution in [3.05, 3.63) is 21.9 Å². The number of carbonyl (C=O) groups excluding carboxylic acids is 1. The third-order valence-electron chi connectivity index (χ3n) is 2.89. The zero-order valence-corrected chi connectivity index (χ0v) is 10.5. The van der Waals surface area contributed by atoms with E-state index in [1.807, 2.05) is 11.4 Å². The summed E-state index contributed by atoms with van der Waals surface area (Å²) in [5.74, 6) is 5.72. The van der Waals surface area contributed by atoms with E-state index in [1.165, 1.54) is 24.2 Å². The number of nitrogens with two attached hydrogens (primary N) is 1. The van der Waals surface area contributed by atoms with Gasteiger partial charge in [-0.25, -0.2) is 0 Å². The number of hydrogen-bond donors (Lipinski definition) is 2. The van der Waals surface area contributed by atoms with E-state index < -0.39 is 0 Å². The van der Waals surface area contributed by atoms with Crippen LogP contribution in [0.15, 0.2) is 11.4 Å². The zero-order chi connectivity index (χ0) is 12.1. The highest BCUT2D eigenvalue weighted by molar-refractivity contribution is 7.12. The maximum atomic E-state index is 12.0. The summed E-state index contributed by atoms with van der Waals surface area (Å²) in [6.45, 7) is 0.319. The summed E-state index contributed by atoms with van der Waals surface area (Å²) in [6.07, 6.45) is 4.63. The molecule has 0 atom stereocenters. The Morgan fingerprint density at radius 3 is 3.00 bits per heavy atom. The molecule has 1 aromatic rings. The van der Waals surface area contributed by atoms with E-state index in [0.717, 1.165) is 18.4 Å². The van der Waals surface area contributed by atoms with Gasteiger partial charge in [0, 0.05) is 11.6 Å². The lowest BCUT2D eigenvalue weighted by atomic mass is 10.2. The Morgan fingerprint density at radius 2 is 2.29 bits per heavy atom. The van der Waals surface area contributed by atoms with Gasteiger partial charge in [-0.15, -0.1) is 11.3 Å². The van der Waals surface area contributed by atoms with Crippen molar-refractivity contribution in [3.63, 3.8) is 0 Å². The lowest BCUT2D eigenvalue weighted by molar-refractivity contribution is 0.0942. The quantitative estimate of drug-likeness (QED) is 0.783. The van der Waals surface area contributed by atoms with Gasteiger partial charge in [-0.2, -0.15) is 0 Å². The molecule has 3 N–H and O–H groups in total. The first-order chi connectivity index (χ1) is 8.31. The molecule has 0 unspecified atom stereocenters. The molecule has 3 nitrogen and oxygen atoms in total. The standard InChI is InChI=1S/C13H16N2OS/c14-8-3-4-10-7-9-17-12(10)13(16)15-11-5-1-2-6-11/h7,9,11H,1-2,5-6,8,14H2,(H,15,16). The van der Waals surface area contributed by atoms with Crippen LogP contribution in [0.5, 0.6) is 0 Å². The molecule has 1 saturated carbocycles. The molecule has 0 bridgehead atoms. The van der Waals surface area contributed by atoms with Crippen LogP contribution in [0.3, 0.4) is 0 Å². The van der Waals surface area contributed by atoms with Crippen LogP contribution in [-0.4, -0.2) is 18.5 Å². The van der Waals surface area contributed by atoms with Crippen molar-refractivity contribution in [1.29, 1.82) is 0 Å². The fraction of sp³-hybridized carbons (Fsp3) is 0.462. The van der Waals surface area contributed by atoms with E-state index in [2.05, 4.69) is 17.2 Å². The lowest BCUT2D eigenvalue weighted by Crippen LogP contribution is -2.32. The molecular formula is C13H16N2OS. The highest BCUT2D eigenvalue weighted by atomic mass is 32.1. The second-order valence-electron chi connectivity index (χ2n) is 4.12. The van der Waals surface area contributed by atoms with Gasteiger partial charge in [0.25, 0.3) is 5.91 Å². The Balaban J connectivity index is 2.05. The maximum absolute atomic E-state index is 12.0. The number of nitrogens with one attached hydrogen (secondary N) is 1. The second kappa shape index (κ2) is 5.85. The maximum Gasteiger partial charge on any atom is 0.262 e. The summed E-state index contributed by atoms with van der Waals surface area (Å²) >= 11 is 1.44. The van der Waals surface area contributed by atoms with E-state index in [-0.39, 0.29) is 5.91 Å². The molecule has 1 aliphatic rings. The van der Waals surface area contributed by atoms with Gasteiger partial charge in [-0.3, -0.25) is 4.79 Å². The molecule has 1 aromatic heterocycles. The highest BCUT2D eigenvalue weighted by Gasteiger charge is 2.19. The third kappa shape index (κ3) is 3.09. The number of hydrogen-bond acceptors (Lipinski definition) is 3. The van der Waals surface area contributed by atoms with E-state index >= 15 is 0 Å². The SMILES string of the molecule is NCC#Cc1ccsc1C(=O)NC1CCCC1. The van der Waals surface area contributed by atoms with E-state index in [1.54, 1.807) is 0 Å². The van der Waals surface area contributed by atoms with Crippen LogP contribution in [0.25, 0.3) is 0 Å². The van der Waals surface area contributed by atoms with Gasteiger partial charge < -0.3 is 11.1 Å². The van der Waals surface area contributed by atoms with Gasteiger partial charge in [-0.05, 0) is 24.3 Å². The largest absolute Gasteiger partial charge is 0.349 e. The van der Waals surface area contributed by atoms with Gasteiger partial charge in [0.05, 0.1) is 6.54 Å². The van der Waals surface area contributed by atoms with Crippen molar-refractivity contribution >= 4 is 17.2 Å². The Morgan fingerprint density at radius 1 is 1.53 bits per heavy atom. The van der Waals surface area contributed by atoms with Crippen molar-refractivity contribution in [2.75, 3.05) is 6.54 Å². The van der Waals surface area contributed by atoms with Crippen LogP contribution in [0.1, 0.15) is 40.9 Å². The molecule has 0 spiro atoms. The molecule has 0 aliphatic heterocycles. The minimum atomic E-state index is 0.00761. The molecule has 1 fully saturated rings. The Kier molecular flexibility index (Phi) is 4.18. The van der Waals surface area contributed by atoms with Crippen LogP contribution in [0, 0.1) is 11.8 Å². The third-order valence-corrected chi connectivity index (χ3v) is 3.80. The number of amides is 1. The molecule has 1 aliphatic carbocycles. The molecule has 1 amide bonds. The summed E-state index contributed by atoms with van der Waals surface area (Å²) in [5.41, 5.74) is 6.12. The number of rotatable bonds is 2. The Bertz CT molecular complexity index is 449. The average Bonchev–Trinajstić information content (AvgIpc) is 2.96. The monoisotopic (exact) mass is 248 g/mol. The van der Waals surface area contributed by atoms with E-state index in [0.29, 0.717) is 17.5 Å². The van der Waals surface area contributed by atoms with Gasteiger partial charge in [0.2, 0.25) is 0 Å². The molecule has 17 heavy (non-hydrogen) atoms. The van der Waals surface area contributed by atoms with Gasteiger partial charge in [0.15, 0.2) is 0 Å². The minimum Gasteiger partial charge on any atom is -0.349 e.